The van der Waals surface area contributed by atoms with Gasteiger partial charge < -0.3 is 4.74 Å². The third kappa shape index (κ3) is 4.35. The molecule has 0 saturated carbocycles. The highest BCUT2D eigenvalue weighted by Gasteiger charge is 2.19. The minimum Gasteiger partial charge on any atom is -0.465 e. The third-order valence-electron chi connectivity index (χ3n) is 4.57. The number of hydrogen-bond donors (Lipinski definition) is 0. The Bertz CT molecular complexity index is 939. The van der Waals surface area contributed by atoms with Crippen molar-refractivity contribution in [2.75, 3.05) is 7.11 Å². The molecular weight excluding hydrogens is 332 g/mol. The fourth-order valence-electron chi connectivity index (χ4n) is 3.16. The summed E-state index contributed by atoms with van der Waals surface area (Å²) in [5, 5.41) is 0. The van der Waals surface area contributed by atoms with Crippen LogP contribution in [0.5, 0.6) is 0 Å². The first-order chi connectivity index (χ1) is 13.1. The van der Waals surface area contributed by atoms with Gasteiger partial charge in [-0.3, -0.25) is 0 Å². The van der Waals surface area contributed by atoms with Gasteiger partial charge in [-0.15, -0.1) is 0 Å². The molecule has 0 bridgehead atoms. The van der Waals surface area contributed by atoms with Gasteiger partial charge in [-0.1, -0.05) is 86.7 Å². The summed E-state index contributed by atoms with van der Waals surface area (Å²) in [6.07, 6.45) is 4.03. The summed E-state index contributed by atoms with van der Waals surface area (Å²) >= 11 is 0. The standard InChI is InChI=1S/C25H24O2/c1-18(2)23-17-22(20-12-8-5-9-13-20)16-21(24(23)25(26)27-3)15-14-19-10-6-4-7-11-19/h4-18H,1-3H3/b15-14+. The van der Waals surface area contributed by atoms with Crippen molar-refractivity contribution in [3.63, 3.8) is 0 Å². The van der Waals surface area contributed by atoms with Crippen LogP contribution >= 0.6 is 0 Å². The molecule has 0 aliphatic carbocycles. The molecule has 0 radical (unpaired) electrons. The highest BCUT2D eigenvalue weighted by molar-refractivity contribution is 5.97. The van der Waals surface area contributed by atoms with Crippen molar-refractivity contribution in [2.24, 2.45) is 0 Å². The van der Waals surface area contributed by atoms with Crippen LogP contribution in [0.4, 0.5) is 0 Å². The third-order valence-corrected chi connectivity index (χ3v) is 4.57. The number of hydrogen-bond acceptors (Lipinski definition) is 2. The fraction of sp³-hybridized carbons (Fsp3) is 0.160. The smallest absolute Gasteiger partial charge is 0.338 e. The molecule has 2 nitrogen and oxygen atoms in total. The molecule has 0 aromatic heterocycles. The van der Waals surface area contributed by atoms with Crippen LogP contribution in [0.15, 0.2) is 72.8 Å². The van der Waals surface area contributed by atoms with Gasteiger partial charge in [0, 0.05) is 0 Å². The van der Waals surface area contributed by atoms with E-state index in [9.17, 15) is 4.79 Å². The lowest BCUT2D eigenvalue weighted by atomic mass is 9.88. The SMILES string of the molecule is COC(=O)c1c(/C=C/c2ccccc2)cc(-c2ccccc2)cc1C(C)C. The van der Waals surface area contributed by atoms with Crippen molar-refractivity contribution in [3.8, 4) is 11.1 Å². The maximum absolute atomic E-state index is 12.6. The molecule has 0 spiro atoms. The van der Waals surface area contributed by atoms with Gasteiger partial charge in [0.15, 0.2) is 0 Å². The lowest BCUT2D eigenvalue weighted by molar-refractivity contribution is 0.0599. The number of carbonyl (C=O) groups excluding carboxylic acids is 1. The second kappa shape index (κ2) is 8.50. The van der Waals surface area contributed by atoms with Crippen LogP contribution in [0.3, 0.4) is 0 Å². The molecule has 27 heavy (non-hydrogen) atoms. The van der Waals surface area contributed by atoms with Gasteiger partial charge in [0.1, 0.15) is 0 Å². The lowest BCUT2D eigenvalue weighted by Gasteiger charge is -2.17. The average Bonchev–Trinajstić information content (AvgIpc) is 2.72. The van der Waals surface area contributed by atoms with Crippen LogP contribution in [0.1, 0.15) is 46.8 Å². The van der Waals surface area contributed by atoms with Crippen molar-refractivity contribution in [1.82, 2.24) is 0 Å². The molecule has 0 fully saturated rings. The van der Waals surface area contributed by atoms with E-state index >= 15 is 0 Å². The number of carbonyl (C=O) groups is 1. The zero-order valence-electron chi connectivity index (χ0n) is 16.0. The predicted molar refractivity (Wildman–Crippen MR) is 113 cm³/mol. The monoisotopic (exact) mass is 356 g/mol. The van der Waals surface area contributed by atoms with Crippen LogP contribution in [0, 0.1) is 0 Å². The molecule has 0 amide bonds. The molecule has 0 saturated heterocycles. The number of methoxy groups -OCH3 is 1. The summed E-state index contributed by atoms with van der Waals surface area (Å²) in [5.74, 6) is -0.0994. The van der Waals surface area contributed by atoms with Crippen LogP contribution < -0.4 is 0 Å². The van der Waals surface area contributed by atoms with E-state index in [4.69, 9.17) is 4.74 Å². The van der Waals surface area contributed by atoms with Crippen molar-refractivity contribution in [2.45, 2.75) is 19.8 Å². The summed E-state index contributed by atoms with van der Waals surface area (Å²) in [7, 11) is 1.43. The molecule has 0 aliphatic rings. The molecule has 0 heterocycles. The summed E-state index contributed by atoms with van der Waals surface area (Å²) in [5.41, 5.74) is 5.82. The van der Waals surface area contributed by atoms with E-state index < -0.39 is 0 Å². The highest BCUT2D eigenvalue weighted by atomic mass is 16.5. The summed E-state index contributed by atoms with van der Waals surface area (Å²) in [6, 6.07) is 24.5. The first-order valence-corrected chi connectivity index (χ1v) is 9.15. The fourth-order valence-corrected chi connectivity index (χ4v) is 3.16. The van der Waals surface area contributed by atoms with Gasteiger partial charge in [-0.05, 0) is 45.9 Å². The Hall–Kier alpha value is -3.13. The van der Waals surface area contributed by atoms with Gasteiger partial charge in [0.05, 0.1) is 12.7 Å². The molecule has 3 aromatic rings. The van der Waals surface area contributed by atoms with Gasteiger partial charge >= 0.3 is 5.97 Å². The van der Waals surface area contributed by atoms with Crippen LogP contribution in [0.25, 0.3) is 23.3 Å². The topological polar surface area (TPSA) is 26.3 Å². The Morgan fingerprint density at radius 3 is 2.07 bits per heavy atom. The maximum Gasteiger partial charge on any atom is 0.338 e. The minimum atomic E-state index is -0.300. The van der Waals surface area contributed by atoms with Crippen molar-refractivity contribution in [3.05, 3.63) is 95.1 Å². The molecule has 0 N–H and O–H groups in total. The van der Waals surface area contributed by atoms with Gasteiger partial charge in [0.2, 0.25) is 0 Å². The minimum absolute atomic E-state index is 0.201. The predicted octanol–water partition coefficient (Wildman–Crippen LogP) is 6.43. The summed E-state index contributed by atoms with van der Waals surface area (Å²) < 4.78 is 5.09. The van der Waals surface area contributed by atoms with E-state index in [1.807, 2.05) is 60.7 Å². The number of benzene rings is 3. The van der Waals surface area contributed by atoms with Gasteiger partial charge in [-0.25, -0.2) is 4.79 Å². The van der Waals surface area contributed by atoms with Crippen molar-refractivity contribution >= 4 is 18.1 Å². The van der Waals surface area contributed by atoms with Gasteiger partial charge in [0.25, 0.3) is 0 Å². The quantitative estimate of drug-likeness (QED) is 0.389. The zero-order valence-corrected chi connectivity index (χ0v) is 16.0. The van der Waals surface area contributed by atoms with E-state index in [2.05, 4.69) is 38.1 Å². The zero-order chi connectivity index (χ0) is 19.2. The Balaban J connectivity index is 2.19. The van der Waals surface area contributed by atoms with E-state index in [0.29, 0.717) is 5.56 Å². The molecule has 3 aromatic carbocycles. The Labute approximate surface area is 161 Å². The second-order valence-electron chi connectivity index (χ2n) is 6.79. The molecular formula is C25H24O2. The number of rotatable bonds is 5. The van der Waals surface area contributed by atoms with E-state index in [-0.39, 0.29) is 11.9 Å². The van der Waals surface area contributed by atoms with Crippen LogP contribution in [-0.2, 0) is 4.74 Å². The molecule has 136 valence electrons. The molecule has 0 unspecified atom stereocenters. The van der Waals surface area contributed by atoms with E-state index in [1.165, 1.54) is 7.11 Å². The average molecular weight is 356 g/mol. The van der Waals surface area contributed by atoms with Crippen molar-refractivity contribution in [1.29, 1.82) is 0 Å². The molecule has 0 aliphatic heterocycles. The second-order valence-corrected chi connectivity index (χ2v) is 6.79. The maximum atomic E-state index is 12.6. The lowest BCUT2D eigenvalue weighted by Crippen LogP contribution is -2.10. The Morgan fingerprint density at radius 2 is 1.48 bits per heavy atom. The first-order valence-electron chi connectivity index (χ1n) is 9.15. The molecule has 0 atom stereocenters. The first kappa shape index (κ1) is 18.7. The van der Waals surface area contributed by atoms with Crippen LogP contribution in [0.2, 0.25) is 0 Å². The van der Waals surface area contributed by atoms with Crippen molar-refractivity contribution < 1.29 is 9.53 Å². The highest BCUT2D eigenvalue weighted by Crippen LogP contribution is 2.31. The van der Waals surface area contributed by atoms with E-state index in [0.717, 1.165) is 27.8 Å². The number of ether oxygens (including phenoxy) is 1. The normalized spacial score (nSPS) is 11.1. The Morgan fingerprint density at radius 1 is 0.852 bits per heavy atom. The van der Waals surface area contributed by atoms with E-state index in [1.54, 1.807) is 0 Å². The Kier molecular flexibility index (Phi) is 5.87. The summed E-state index contributed by atoms with van der Waals surface area (Å²) in [4.78, 5) is 12.6. The van der Waals surface area contributed by atoms with Crippen LogP contribution in [-0.4, -0.2) is 13.1 Å². The summed E-state index contributed by atoms with van der Waals surface area (Å²) in [6.45, 7) is 4.20. The molecule has 2 heteroatoms. The largest absolute Gasteiger partial charge is 0.465 e. The van der Waals surface area contributed by atoms with Gasteiger partial charge in [-0.2, -0.15) is 0 Å². The molecule has 3 rings (SSSR count). The number of esters is 1.